The standard InChI is InChI=1S/C14H20N2O.C2H2O4/c1-2-3-13-9-14(17-15-13)8-12-10-16-6-4-11(12)5-7-16;3-1(4)2(5)6/h8-9,11H,2-7,10H2,1H3;(H,3,4)(H,5,6). The molecule has 3 aliphatic heterocycles. The van der Waals surface area contributed by atoms with Crippen LogP contribution in [0, 0.1) is 5.92 Å². The third-order valence-electron chi connectivity index (χ3n) is 4.11. The van der Waals surface area contributed by atoms with Crippen LogP contribution in [0.5, 0.6) is 0 Å². The van der Waals surface area contributed by atoms with Crippen LogP contribution in [-0.2, 0) is 16.0 Å². The first-order valence-electron chi connectivity index (χ1n) is 7.84. The van der Waals surface area contributed by atoms with Crippen molar-refractivity contribution in [2.45, 2.75) is 32.6 Å². The highest BCUT2D eigenvalue weighted by atomic mass is 16.5. The van der Waals surface area contributed by atoms with E-state index in [1.165, 1.54) is 25.9 Å². The number of hydrogen-bond donors (Lipinski definition) is 2. The molecule has 1 aromatic rings. The summed E-state index contributed by atoms with van der Waals surface area (Å²) in [4.78, 5) is 20.7. The number of aliphatic carboxylic acids is 2. The average molecular weight is 322 g/mol. The van der Waals surface area contributed by atoms with Crippen molar-refractivity contribution in [3.63, 3.8) is 0 Å². The van der Waals surface area contributed by atoms with Crippen molar-refractivity contribution in [1.82, 2.24) is 10.1 Å². The van der Waals surface area contributed by atoms with E-state index in [1.54, 1.807) is 5.57 Å². The summed E-state index contributed by atoms with van der Waals surface area (Å²) in [6, 6.07) is 2.09. The Hall–Kier alpha value is -2.15. The summed E-state index contributed by atoms with van der Waals surface area (Å²) in [7, 11) is 0. The van der Waals surface area contributed by atoms with E-state index >= 15 is 0 Å². The van der Waals surface area contributed by atoms with Crippen molar-refractivity contribution >= 4 is 18.0 Å². The second-order valence-corrected chi connectivity index (χ2v) is 5.85. The van der Waals surface area contributed by atoms with Crippen LogP contribution in [0.3, 0.4) is 0 Å². The van der Waals surface area contributed by atoms with Crippen molar-refractivity contribution < 1.29 is 24.3 Å². The van der Waals surface area contributed by atoms with E-state index in [4.69, 9.17) is 24.3 Å². The number of rotatable bonds is 3. The molecule has 0 spiro atoms. The zero-order valence-electron chi connectivity index (χ0n) is 13.2. The zero-order valence-corrected chi connectivity index (χ0v) is 13.2. The van der Waals surface area contributed by atoms with E-state index in [2.05, 4.69) is 29.1 Å². The van der Waals surface area contributed by atoms with Crippen LogP contribution >= 0.6 is 0 Å². The summed E-state index contributed by atoms with van der Waals surface area (Å²) in [5, 5.41) is 18.9. The number of carboxylic acid groups (broad SMARTS) is 2. The van der Waals surface area contributed by atoms with E-state index in [1.807, 2.05) is 0 Å². The summed E-state index contributed by atoms with van der Waals surface area (Å²) in [6.07, 6.45) is 7.01. The molecule has 3 fully saturated rings. The Balaban J connectivity index is 0.000000277. The van der Waals surface area contributed by atoms with Gasteiger partial charge in [0.1, 0.15) is 0 Å². The fourth-order valence-corrected chi connectivity index (χ4v) is 2.97. The van der Waals surface area contributed by atoms with Gasteiger partial charge < -0.3 is 14.7 Å². The molecule has 0 atom stereocenters. The Morgan fingerprint density at radius 3 is 2.48 bits per heavy atom. The van der Waals surface area contributed by atoms with Crippen LogP contribution in [0.25, 0.3) is 6.08 Å². The van der Waals surface area contributed by atoms with Crippen LogP contribution < -0.4 is 0 Å². The van der Waals surface area contributed by atoms with Gasteiger partial charge in [-0.05, 0) is 49.9 Å². The minimum absolute atomic E-state index is 0.791. The molecule has 7 nitrogen and oxygen atoms in total. The number of aryl methyl sites for hydroxylation is 1. The molecule has 1 aromatic heterocycles. The van der Waals surface area contributed by atoms with Crippen LogP contribution in [0.2, 0.25) is 0 Å². The Labute approximate surface area is 134 Å². The number of aromatic nitrogens is 1. The normalized spacial score (nSPS) is 24.1. The average Bonchev–Trinajstić information content (AvgIpc) is 2.96. The molecule has 23 heavy (non-hydrogen) atoms. The highest BCUT2D eigenvalue weighted by molar-refractivity contribution is 6.27. The summed E-state index contributed by atoms with van der Waals surface area (Å²) < 4.78 is 5.38. The molecule has 0 aliphatic carbocycles. The molecule has 4 rings (SSSR count). The molecule has 126 valence electrons. The molecule has 4 heterocycles. The molecular weight excluding hydrogens is 300 g/mol. The largest absolute Gasteiger partial charge is 0.473 e. The van der Waals surface area contributed by atoms with Gasteiger partial charge in [0.2, 0.25) is 0 Å². The lowest BCUT2D eigenvalue weighted by Crippen LogP contribution is -2.42. The number of piperidine rings is 3. The molecule has 3 aliphatic rings. The summed E-state index contributed by atoms with van der Waals surface area (Å²) >= 11 is 0. The molecule has 0 aromatic carbocycles. The maximum absolute atomic E-state index is 9.10. The number of fused-ring (bicyclic) bond motifs is 3. The summed E-state index contributed by atoms with van der Waals surface area (Å²) in [5.74, 6) is -1.91. The van der Waals surface area contributed by atoms with E-state index < -0.39 is 11.9 Å². The number of carbonyl (C=O) groups is 2. The molecule has 0 saturated carbocycles. The van der Waals surface area contributed by atoms with Crippen LogP contribution in [0.15, 0.2) is 16.2 Å². The van der Waals surface area contributed by atoms with Gasteiger partial charge in [-0.15, -0.1) is 0 Å². The van der Waals surface area contributed by atoms with Gasteiger partial charge in [-0.25, -0.2) is 9.59 Å². The van der Waals surface area contributed by atoms with Gasteiger partial charge in [0.05, 0.1) is 5.69 Å². The van der Waals surface area contributed by atoms with Crippen molar-refractivity contribution in [3.05, 3.63) is 23.1 Å². The van der Waals surface area contributed by atoms with Crippen molar-refractivity contribution in [3.8, 4) is 0 Å². The number of carboxylic acids is 2. The third kappa shape index (κ3) is 4.92. The van der Waals surface area contributed by atoms with Gasteiger partial charge in [0.25, 0.3) is 0 Å². The second-order valence-electron chi connectivity index (χ2n) is 5.85. The van der Waals surface area contributed by atoms with Gasteiger partial charge in [0, 0.05) is 12.6 Å². The van der Waals surface area contributed by atoms with Crippen LogP contribution in [-0.4, -0.2) is 51.8 Å². The molecular formula is C16H22N2O5. The second kappa shape index (κ2) is 7.92. The van der Waals surface area contributed by atoms with Crippen molar-refractivity contribution in [1.29, 1.82) is 0 Å². The molecule has 2 bridgehead atoms. The quantitative estimate of drug-likeness (QED) is 0.819. The molecule has 3 saturated heterocycles. The zero-order chi connectivity index (χ0) is 16.8. The maximum atomic E-state index is 9.10. The molecule has 0 amide bonds. The van der Waals surface area contributed by atoms with Crippen LogP contribution in [0.1, 0.15) is 37.6 Å². The monoisotopic (exact) mass is 322 g/mol. The Morgan fingerprint density at radius 1 is 1.35 bits per heavy atom. The first-order valence-corrected chi connectivity index (χ1v) is 7.84. The minimum Gasteiger partial charge on any atom is -0.473 e. The van der Waals surface area contributed by atoms with Crippen LogP contribution in [0.4, 0.5) is 0 Å². The Kier molecular flexibility index (Phi) is 5.92. The van der Waals surface area contributed by atoms with Crippen molar-refractivity contribution in [2.24, 2.45) is 5.92 Å². The Bertz CT molecular complexity index is 573. The Morgan fingerprint density at radius 2 is 2.00 bits per heavy atom. The highest BCUT2D eigenvalue weighted by Crippen LogP contribution is 2.32. The predicted molar refractivity (Wildman–Crippen MR) is 82.9 cm³/mol. The topological polar surface area (TPSA) is 104 Å². The molecule has 0 unspecified atom stereocenters. The molecule has 2 N–H and O–H groups in total. The predicted octanol–water partition coefficient (Wildman–Crippen LogP) is 1.89. The minimum atomic E-state index is -1.82. The smallest absolute Gasteiger partial charge is 0.414 e. The van der Waals surface area contributed by atoms with Gasteiger partial charge in [-0.3, -0.25) is 4.90 Å². The fourth-order valence-electron chi connectivity index (χ4n) is 2.97. The van der Waals surface area contributed by atoms with E-state index in [0.29, 0.717) is 0 Å². The number of hydrogen-bond acceptors (Lipinski definition) is 5. The van der Waals surface area contributed by atoms with Gasteiger partial charge in [0.15, 0.2) is 5.76 Å². The van der Waals surface area contributed by atoms with E-state index in [0.717, 1.165) is 36.8 Å². The lowest BCUT2D eigenvalue weighted by atomic mass is 9.83. The van der Waals surface area contributed by atoms with Gasteiger partial charge in [-0.2, -0.15) is 0 Å². The SMILES string of the molecule is CCCc1cc(C=C2CN3CCC2CC3)on1.O=C(O)C(=O)O. The number of nitrogens with zero attached hydrogens (tertiary/aromatic N) is 2. The lowest BCUT2D eigenvalue weighted by Gasteiger charge is -2.40. The summed E-state index contributed by atoms with van der Waals surface area (Å²) in [6.45, 7) is 5.85. The lowest BCUT2D eigenvalue weighted by molar-refractivity contribution is -0.159. The molecule has 0 radical (unpaired) electrons. The van der Waals surface area contributed by atoms with Gasteiger partial charge >= 0.3 is 11.9 Å². The van der Waals surface area contributed by atoms with E-state index in [-0.39, 0.29) is 0 Å². The first kappa shape index (κ1) is 17.2. The van der Waals surface area contributed by atoms with Gasteiger partial charge in [-0.1, -0.05) is 18.5 Å². The third-order valence-corrected chi connectivity index (χ3v) is 4.11. The molecule has 7 heteroatoms. The first-order chi connectivity index (χ1) is 11.0. The fraction of sp³-hybridized carbons (Fsp3) is 0.562. The maximum Gasteiger partial charge on any atom is 0.414 e. The van der Waals surface area contributed by atoms with Crippen molar-refractivity contribution in [2.75, 3.05) is 19.6 Å². The van der Waals surface area contributed by atoms with E-state index in [9.17, 15) is 0 Å². The highest BCUT2D eigenvalue weighted by Gasteiger charge is 2.29. The summed E-state index contributed by atoms with van der Waals surface area (Å²) in [5.41, 5.74) is 2.63.